The molecule has 0 bridgehead atoms. The molecule has 0 fully saturated rings. The molecule has 0 unspecified atom stereocenters. The Balaban J connectivity index is 1.34. The van der Waals surface area contributed by atoms with Gasteiger partial charge in [0.05, 0.1) is 28.1 Å². The van der Waals surface area contributed by atoms with Gasteiger partial charge in [-0.25, -0.2) is 4.98 Å². The highest BCUT2D eigenvalue weighted by atomic mass is 35.5. The molecule has 1 aliphatic heterocycles. The van der Waals surface area contributed by atoms with Gasteiger partial charge in [-0.05, 0) is 18.2 Å². The van der Waals surface area contributed by atoms with E-state index in [9.17, 15) is 9.59 Å². The van der Waals surface area contributed by atoms with Crippen LogP contribution in [0.5, 0.6) is 0 Å². The van der Waals surface area contributed by atoms with Gasteiger partial charge in [0.2, 0.25) is 5.91 Å². The fraction of sp³-hybridized carbons (Fsp3) is 0.150. The molecule has 5 nitrogen and oxygen atoms in total. The summed E-state index contributed by atoms with van der Waals surface area (Å²) in [5.74, 6) is -0.616. The summed E-state index contributed by atoms with van der Waals surface area (Å²) in [6.07, 6.45) is 0.00629. The van der Waals surface area contributed by atoms with Gasteiger partial charge in [0, 0.05) is 15.8 Å². The zero-order valence-corrected chi connectivity index (χ0v) is 16.9. The number of carbonyl (C=O) groups excluding carboxylic acids is 2. The van der Waals surface area contributed by atoms with Crippen molar-refractivity contribution in [2.24, 2.45) is 0 Å². The first-order valence-electron chi connectivity index (χ1n) is 8.51. The Labute approximate surface area is 175 Å². The van der Waals surface area contributed by atoms with Crippen LogP contribution in [-0.2, 0) is 20.9 Å². The predicted octanol–water partition coefficient (Wildman–Crippen LogP) is 5.01. The number of hydrogen-bond donors (Lipinski definition) is 1. The van der Waals surface area contributed by atoms with Crippen LogP contribution in [0.25, 0.3) is 10.6 Å². The number of halogens is 1. The Bertz CT molecular complexity index is 1040. The van der Waals surface area contributed by atoms with Crippen LogP contribution in [0.3, 0.4) is 0 Å². The zero-order valence-electron chi connectivity index (χ0n) is 14.6. The van der Waals surface area contributed by atoms with E-state index in [1.807, 2.05) is 53.9 Å². The van der Waals surface area contributed by atoms with Crippen LogP contribution in [-0.4, -0.2) is 22.1 Å². The maximum absolute atomic E-state index is 12.2. The number of fused-ring (bicyclic) bond motifs is 1. The monoisotopic (exact) mass is 430 g/mol. The molecule has 142 valence electrons. The third kappa shape index (κ3) is 4.22. The molecule has 1 atom stereocenters. The highest BCUT2D eigenvalue weighted by molar-refractivity contribution is 8.01. The van der Waals surface area contributed by atoms with Gasteiger partial charge in [0.15, 0.2) is 0 Å². The molecule has 8 heteroatoms. The largest absolute Gasteiger partial charge is 0.459 e. The predicted molar refractivity (Wildman–Crippen MR) is 112 cm³/mol. The van der Waals surface area contributed by atoms with E-state index < -0.39 is 11.2 Å². The lowest BCUT2D eigenvalue weighted by molar-refractivity contribution is -0.145. The van der Waals surface area contributed by atoms with Crippen LogP contribution in [0, 0.1) is 0 Å². The van der Waals surface area contributed by atoms with Crippen molar-refractivity contribution in [1.29, 1.82) is 0 Å². The van der Waals surface area contributed by atoms with Crippen molar-refractivity contribution in [2.45, 2.75) is 23.2 Å². The summed E-state index contributed by atoms with van der Waals surface area (Å²) in [5.41, 5.74) is 2.27. The molecule has 3 aromatic rings. The van der Waals surface area contributed by atoms with E-state index in [1.54, 1.807) is 0 Å². The lowest BCUT2D eigenvalue weighted by Crippen LogP contribution is -2.31. The molecule has 1 aromatic heterocycles. The Morgan fingerprint density at radius 1 is 1.18 bits per heavy atom. The average Bonchev–Trinajstić information content (AvgIpc) is 3.16. The minimum absolute atomic E-state index is 0.00629. The number of ether oxygens (including phenoxy) is 1. The minimum Gasteiger partial charge on any atom is -0.459 e. The number of rotatable bonds is 5. The molecule has 0 spiro atoms. The van der Waals surface area contributed by atoms with Crippen molar-refractivity contribution in [1.82, 2.24) is 4.98 Å². The Morgan fingerprint density at radius 2 is 1.96 bits per heavy atom. The first-order chi connectivity index (χ1) is 13.6. The first-order valence-corrected chi connectivity index (χ1v) is 10.7. The average molecular weight is 431 g/mol. The summed E-state index contributed by atoms with van der Waals surface area (Å²) in [7, 11) is 0. The number of benzene rings is 2. The van der Waals surface area contributed by atoms with Crippen LogP contribution in [0.15, 0.2) is 58.8 Å². The second kappa shape index (κ2) is 8.34. The molecule has 0 radical (unpaired) electrons. The number of nitrogens with one attached hydrogen (secondary N) is 1. The van der Waals surface area contributed by atoms with E-state index in [0.29, 0.717) is 10.7 Å². The zero-order chi connectivity index (χ0) is 19.5. The van der Waals surface area contributed by atoms with Crippen molar-refractivity contribution in [3.63, 3.8) is 0 Å². The fourth-order valence-corrected chi connectivity index (χ4v) is 4.94. The van der Waals surface area contributed by atoms with Crippen LogP contribution in [0.1, 0.15) is 12.1 Å². The van der Waals surface area contributed by atoms with Gasteiger partial charge in [-0.1, -0.05) is 41.9 Å². The number of carbonyl (C=O) groups is 2. The molecule has 28 heavy (non-hydrogen) atoms. The summed E-state index contributed by atoms with van der Waals surface area (Å²) >= 11 is 9.01. The number of esters is 1. The quantitative estimate of drug-likeness (QED) is 0.576. The second-order valence-corrected chi connectivity index (χ2v) is 8.59. The molecule has 0 aliphatic carbocycles. The van der Waals surface area contributed by atoms with Gasteiger partial charge >= 0.3 is 5.97 Å². The van der Waals surface area contributed by atoms with Crippen LogP contribution in [0.4, 0.5) is 5.69 Å². The van der Waals surface area contributed by atoms with Gasteiger partial charge in [-0.2, -0.15) is 0 Å². The van der Waals surface area contributed by atoms with Crippen molar-refractivity contribution < 1.29 is 14.3 Å². The number of thiazole rings is 1. The summed E-state index contributed by atoms with van der Waals surface area (Å²) < 4.78 is 5.33. The van der Waals surface area contributed by atoms with E-state index in [1.165, 1.54) is 23.1 Å². The number of anilines is 1. The standard InChI is InChI=1S/C20H15ClN2O3S2/c21-14-6-2-1-5-13(14)20-22-12(11-27-20)10-26-18(24)9-17-19(25)23-15-7-3-4-8-16(15)28-17/h1-8,11,17H,9-10H2,(H,23,25)/t17-/m1/s1. The highest BCUT2D eigenvalue weighted by Gasteiger charge is 2.29. The van der Waals surface area contributed by atoms with Crippen molar-refractivity contribution in [3.05, 3.63) is 64.6 Å². The molecule has 1 aliphatic rings. The molecule has 4 rings (SSSR count). The number of hydrogen-bond acceptors (Lipinski definition) is 6. The maximum Gasteiger partial charge on any atom is 0.307 e. The Kier molecular flexibility index (Phi) is 5.66. The van der Waals surface area contributed by atoms with E-state index in [0.717, 1.165) is 21.2 Å². The van der Waals surface area contributed by atoms with Crippen molar-refractivity contribution in [2.75, 3.05) is 5.32 Å². The molecular formula is C20H15ClN2O3S2. The number of amides is 1. The summed E-state index contributed by atoms with van der Waals surface area (Å²) in [5, 5.41) is 5.56. The highest BCUT2D eigenvalue weighted by Crippen LogP contribution is 2.36. The summed E-state index contributed by atoms with van der Waals surface area (Å²) in [6.45, 7) is 0.0649. The minimum atomic E-state index is -0.503. The lowest BCUT2D eigenvalue weighted by atomic mass is 10.2. The van der Waals surface area contributed by atoms with E-state index in [-0.39, 0.29) is 18.9 Å². The van der Waals surface area contributed by atoms with Gasteiger partial charge in [-0.3, -0.25) is 9.59 Å². The number of nitrogens with zero attached hydrogens (tertiary/aromatic N) is 1. The fourth-order valence-electron chi connectivity index (χ4n) is 2.72. The summed E-state index contributed by atoms with van der Waals surface area (Å²) in [4.78, 5) is 29.8. The molecule has 1 amide bonds. The van der Waals surface area contributed by atoms with Crippen LogP contribution < -0.4 is 5.32 Å². The van der Waals surface area contributed by atoms with Crippen LogP contribution >= 0.6 is 34.7 Å². The van der Waals surface area contributed by atoms with Crippen molar-refractivity contribution in [3.8, 4) is 10.6 Å². The SMILES string of the molecule is O=C(C[C@H]1Sc2ccccc2NC1=O)OCc1csc(-c2ccccc2Cl)n1. The second-order valence-electron chi connectivity index (χ2n) is 6.08. The number of para-hydroxylation sites is 1. The molecule has 0 saturated heterocycles. The Morgan fingerprint density at radius 3 is 2.82 bits per heavy atom. The summed E-state index contributed by atoms with van der Waals surface area (Å²) in [6, 6.07) is 15.0. The lowest BCUT2D eigenvalue weighted by Gasteiger charge is -2.23. The molecule has 2 heterocycles. The van der Waals surface area contributed by atoms with E-state index in [2.05, 4.69) is 10.3 Å². The molecular weight excluding hydrogens is 416 g/mol. The number of aromatic nitrogens is 1. The molecule has 2 aromatic carbocycles. The smallest absolute Gasteiger partial charge is 0.307 e. The van der Waals surface area contributed by atoms with Crippen LogP contribution in [0.2, 0.25) is 5.02 Å². The normalized spacial score (nSPS) is 15.6. The maximum atomic E-state index is 12.2. The van der Waals surface area contributed by atoms with Gasteiger partial charge in [-0.15, -0.1) is 23.1 Å². The third-order valence-electron chi connectivity index (χ3n) is 4.10. The molecule has 0 saturated carbocycles. The number of thioether (sulfide) groups is 1. The topological polar surface area (TPSA) is 68.3 Å². The van der Waals surface area contributed by atoms with Gasteiger partial charge < -0.3 is 10.1 Å². The van der Waals surface area contributed by atoms with Crippen molar-refractivity contribution >= 4 is 52.3 Å². The van der Waals surface area contributed by atoms with E-state index >= 15 is 0 Å². The first kappa shape index (κ1) is 19.0. The van der Waals surface area contributed by atoms with Gasteiger partial charge in [0.25, 0.3) is 0 Å². The van der Waals surface area contributed by atoms with E-state index in [4.69, 9.17) is 16.3 Å². The van der Waals surface area contributed by atoms with Gasteiger partial charge in [0.1, 0.15) is 11.6 Å². The Hall–Kier alpha value is -2.35. The molecule has 1 N–H and O–H groups in total. The third-order valence-corrected chi connectivity index (χ3v) is 6.62.